The van der Waals surface area contributed by atoms with E-state index in [-0.39, 0.29) is 0 Å². The summed E-state index contributed by atoms with van der Waals surface area (Å²) >= 11 is 0. The summed E-state index contributed by atoms with van der Waals surface area (Å²) < 4.78 is 1.85. The predicted octanol–water partition coefficient (Wildman–Crippen LogP) is 1.80. The third-order valence-electron chi connectivity index (χ3n) is 2.57. The van der Waals surface area contributed by atoms with E-state index in [1.54, 1.807) is 6.20 Å². The van der Waals surface area contributed by atoms with Crippen LogP contribution in [0.15, 0.2) is 42.7 Å². The van der Waals surface area contributed by atoms with Gasteiger partial charge in [-0.2, -0.15) is 0 Å². The second kappa shape index (κ2) is 5.30. The number of benzene rings is 1. The first-order valence-corrected chi connectivity index (χ1v) is 5.54. The highest BCUT2D eigenvalue weighted by atomic mass is 15.4. The topological polar surface area (TPSA) is 34.0 Å². The lowest BCUT2D eigenvalue weighted by Gasteiger charge is -2.22. The van der Waals surface area contributed by atoms with Crippen LogP contribution in [0.25, 0.3) is 0 Å². The molecule has 4 nitrogen and oxygen atoms in total. The Kier molecular flexibility index (Phi) is 3.53. The standard InChI is InChI=1S/C12H16N4/c1-2-15(12-6-4-3-5-7-12)10-11-16-9-8-13-14-16/h3-9H,2,10-11H2,1H3. The van der Waals surface area contributed by atoms with E-state index in [9.17, 15) is 0 Å². The van der Waals surface area contributed by atoms with Crippen LogP contribution in [-0.4, -0.2) is 28.1 Å². The van der Waals surface area contributed by atoms with Gasteiger partial charge in [0.25, 0.3) is 0 Å². The van der Waals surface area contributed by atoms with Gasteiger partial charge in [0.05, 0.1) is 12.7 Å². The average Bonchev–Trinajstić information content (AvgIpc) is 2.84. The van der Waals surface area contributed by atoms with Gasteiger partial charge < -0.3 is 4.90 Å². The van der Waals surface area contributed by atoms with Crippen molar-refractivity contribution in [3.05, 3.63) is 42.7 Å². The maximum atomic E-state index is 3.96. The molecule has 0 N–H and O–H groups in total. The van der Waals surface area contributed by atoms with E-state index < -0.39 is 0 Å². The van der Waals surface area contributed by atoms with Crippen molar-refractivity contribution < 1.29 is 0 Å². The van der Waals surface area contributed by atoms with Crippen LogP contribution in [0.4, 0.5) is 5.69 Å². The normalized spacial score (nSPS) is 10.3. The van der Waals surface area contributed by atoms with Gasteiger partial charge in [0.2, 0.25) is 0 Å². The molecule has 0 radical (unpaired) electrons. The highest BCUT2D eigenvalue weighted by Gasteiger charge is 2.03. The third kappa shape index (κ3) is 2.59. The SMILES string of the molecule is CCN(CCn1ccnn1)c1ccccc1. The lowest BCUT2D eigenvalue weighted by molar-refractivity contribution is 0.579. The van der Waals surface area contributed by atoms with E-state index in [1.807, 2.05) is 16.9 Å². The van der Waals surface area contributed by atoms with Crippen LogP contribution in [0.2, 0.25) is 0 Å². The fraction of sp³-hybridized carbons (Fsp3) is 0.333. The van der Waals surface area contributed by atoms with E-state index in [4.69, 9.17) is 0 Å². The Morgan fingerprint density at radius 1 is 1.25 bits per heavy atom. The zero-order valence-electron chi connectivity index (χ0n) is 9.45. The van der Waals surface area contributed by atoms with Gasteiger partial charge in [0.1, 0.15) is 0 Å². The van der Waals surface area contributed by atoms with E-state index in [1.165, 1.54) is 5.69 Å². The Bertz CT molecular complexity index is 396. The molecule has 0 spiro atoms. The van der Waals surface area contributed by atoms with Crippen LogP contribution >= 0.6 is 0 Å². The molecular weight excluding hydrogens is 200 g/mol. The van der Waals surface area contributed by atoms with Crippen molar-refractivity contribution in [3.8, 4) is 0 Å². The zero-order chi connectivity index (χ0) is 11.2. The van der Waals surface area contributed by atoms with Crippen molar-refractivity contribution in [2.75, 3.05) is 18.0 Å². The molecular formula is C12H16N4. The van der Waals surface area contributed by atoms with Gasteiger partial charge >= 0.3 is 0 Å². The van der Waals surface area contributed by atoms with E-state index in [2.05, 4.69) is 46.4 Å². The number of hydrogen-bond donors (Lipinski definition) is 0. The first-order valence-electron chi connectivity index (χ1n) is 5.54. The highest BCUT2D eigenvalue weighted by molar-refractivity contribution is 5.45. The zero-order valence-corrected chi connectivity index (χ0v) is 9.45. The van der Waals surface area contributed by atoms with Gasteiger partial charge in [0.15, 0.2) is 0 Å². The number of rotatable bonds is 5. The third-order valence-corrected chi connectivity index (χ3v) is 2.57. The van der Waals surface area contributed by atoms with Gasteiger partial charge in [0, 0.05) is 25.0 Å². The van der Waals surface area contributed by atoms with Crippen molar-refractivity contribution in [2.45, 2.75) is 13.5 Å². The quantitative estimate of drug-likeness (QED) is 0.764. The molecule has 0 aliphatic rings. The Labute approximate surface area is 95.5 Å². The molecule has 0 fully saturated rings. The summed E-state index contributed by atoms with van der Waals surface area (Å²) in [7, 11) is 0. The molecule has 0 saturated heterocycles. The molecule has 0 aliphatic heterocycles. The summed E-state index contributed by atoms with van der Waals surface area (Å²) in [4.78, 5) is 2.32. The second-order valence-corrected chi connectivity index (χ2v) is 3.58. The molecule has 4 heteroatoms. The number of hydrogen-bond acceptors (Lipinski definition) is 3. The molecule has 0 bridgehead atoms. The Balaban J connectivity index is 1.96. The van der Waals surface area contributed by atoms with Crippen molar-refractivity contribution in [3.63, 3.8) is 0 Å². The molecule has 2 rings (SSSR count). The Hall–Kier alpha value is -1.84. The summed E-state index contributed by atoms with van der Waals surface area (Å²) in [5, 5.41) is 7.75. The molecule has 1 heterocycles. The Morgan fingerprint density at radius 3 is 2.69 bits per heavy atom. The van der Waals surface area contributed by atoms with Crippen molar-refractivity contribution in [1.82, 2.24) is 15.0 Å². The molecule has 16 heavy (non-hydrogen) atoms. The second-order valence-electron chi connectivity index (χ2n) is 3.58. The van der Waals surface area contributed by atoms with Crippen LogP contribution in [0.5, 0.6) is 0 Å². The number of aromatic nitrogens is 3. The fourth-order valence-corrected chi connectivity index (χ4v) is 1.68. The minimum absolute atomic E-state index is 0.864. The summed E-state index contributed by atoms with van der Waals surface area (Å²) in [6.07, 6.45) is 3.59. The lowest BCUT2D eigenvalue weighted by atomic mass is 10.3. The van der Waals surface area contributed by atoms with Crippen LogP contribution in [0.3, 0.4) is 0 Å². The molecule has 0 amide bonds. The molecule has 84 valence electrons. The van der Waals surface area contributed by atoms with Gasteiger partial charge in [-0.05, 0) is 19.1 Å². The maximum Gasteiger partial charge on any atom is 0.0692 e. The number of likely N-dealkylation sites (N-methyl/N-ethyl adjacent to an activating group) is 1. The maximum absolute atomic E-state index is 3.96. The largest absolute Gasteiger partial charge is 0.370 e. The van der Waals surface area contributed by atoms with Crippen LogP contribution in [-0.2, 0) is 6.54 Å². The molecule has 0 unspecified atom stereocenters. The summed E-state index contributed by atoms with van der Waals surface area (Å²) in [6, 6.07) is 10.4. The smallest absolute Gasteiger partial charge is 0.0692 e. The minimum Gasteiger partial charge on any atom is -0.370 e. The molecule has 1 aromatic carbocycles. The molecule has 0 saturated carbocycles. The fourth-order valence-electron chi connectivity index (χ4n) is 1.68. The van der Waals surface area contributed by atoms with Gasteiger partial charge in [-0.25, -0.2) is 0 Å². The van der Waals surface area contributed by atoms with E-state index in [0.717, 1.165) is 19.6 Å². The predicted molar refractivity (Wildman–Crippen MR) is 64.4 cm³/mol. The summed E-state index contributed by atoms with van der Waals surface area (Å²) in [5.74, 6) is 0. The van der Waals surface area contributed by atoms with Gasteiger partial charge in [-0.3, -0.25) is 4.68 Å². The van der Waals surface area contributed by atoms with Crippen molar-refractivity contribution >= 4 is 5.69 Å². The molecule has 2 aromatic rings. The Morgan fingerprint density at radius 2 is 2.06 bits per heavy atom. The van der Waals surface area contributed by atoms with Crippen LogP contribution in [0.1, 0.15) is 6.92 Å². The van der Waals surface area contributed by atoms with Gasteiger partial charge in [-0.15, -0.1) is 5.10 Å². The number of nitrogens with zero attached hydrogens (tertiary/aromatic N) is 4. The number of anilines is 1. The molecule has 0 aliphatic carbocycles. The molecule has 0 atom stereocenters. The molecule has 1 aromatic heterocycles. The van der Waals surface area contributed by atoms with E-state index >= 15 is 0 Å². The van der Waals surface area contributed by atoms with Crippen LogP contribution < -0.4 is 4.90 Å². The lowest BCUT2D eigenvalue weighted by Crippen LogP contribution is -2.27. The summed E-state index contributed by atoms with van der Waals surface area (Å²) in [5.41, 5.74) is 1.25. The van der Waals surface area contributed by atoms with Crippen LogP contribution in [0, 0.1) is 0 Å². The highest BCUT2D eigenvalue weighted by Crippen LogP contribution is 2.12. The first-order chi connectivity index (χ1) is 7.90. The average molecular weight is 216 g/mol. The van der Waals surface area contributed by atoms with Crippen molar-refractivity contribution in [2.24, 2.45) is 0 Å². The number of para-hydroxylation sites is 1. The minimum atomic E-state index is 0.864. The van der Waals surface area contributed by atoms with E-state index in [0.29, 0.717) is 0 Å². The summed E-state index contributed by atoms with van der Waals surface area (Å²) in [6.45, 7) is 4.97. The monoisotopic (exact) mass is 216 g/mol. The first kappa shape index (κ1) is 10.7. The van der Waals surface area contributed by atoms with Crippen molar-refractivity contribution in [1.29, 1.82) is 0 Å². The van der Waals surface area contributed by atoms with Gasteiger partial charge in [-0.1, -0.05) is 23.4 Å².